The van der Waals surface area contributed by atoms with Crippen molar-refractivity contribution < 1.29 is 9.80 Å². The van der Waals surface area contributed by atoms with Gasteiger partial charge < -0.3 is 9.80 Å². The van der Waals surface area contributed by atoms with E-state index in [-0.39, 0.29) is 0 Å². The van der Waals surface area contributed by atoms with Gasteiger partial charge in [-0.1, -0.05) is 0 Å². The minimum Gasteiger partial charge on any atom is -0.324 e. The molecule has 2 saturated carbocycles. The second-order valence-electron chi connectivity index (χ2n) is 6.75. The van der Waals surface area contributed by atoms with Gasteiger partial charge in [-0.15, -0.1) is 0 Å². The molecule has 0 unspecified atom stereocenters. The maximum absolute atomic E-state index is 2.37. The second kappa shape index (κ2) is 4.30. The monoisotopic (exact) mass is 224 g/mol. The number of hydrogen-bond donors (Lipinski definition) is 2. The average Bonchev–Trinajstić information content (AvgIpc) is 2.91. The third-order valence-electron chi connectivity index (χ3n) is 5.61. The Morgan fingerprint density at radius 2 is 1.69 bits per heavy atom. The van der Waals surface area contributed by atoms with E-state index in [0.29, 0.717) is 0 Å². The molecule has 3 fully saturated rings. The lowest BCUT2D eigenvalue weighted by Gasteiger charge is -2.37. The SMILES string of the molecule is CC(C)[NH+]1CC[NH+]([C@@H]2C[C@H]3CC[C@H]2C3)CC1. The molecule has 3 rings (SSSR count). The van der Waals surface area contributed by atoms with Crippen molar-refractivity contribution in [1.29, 1.82) is 0 Å². The van der Waals surface area contributed by atoms with Gasteiger partial charge in [0.2, 0.25) is 0 Å². The number of nitrogens with one attached hydrogen (secondary N) is 2. The summed E-state index contributed by atoms with van der Waals surface area (Å²) in [6, 6.07) is 1.90. The van der Waals surface area contributed by atoms with Crippen LogP contribution in [0.5, 0.6) is 0 Å². The first-order valence-corrected chi connectivity index (χ1v) is 7.43. The van der Waals surface area contributed by atoms with Crippen LogP contribution in [0.4, 0.5) is 0 Å². The molecular weight excluding hydrogens is 196 g/mol. The molecule has 2 aliphatic carbocycles. The zero-order valence-electron chi connectivity index (χ0n) is 11.0. The van der Waals surface area contributed by atoms with Gasteiger partial charge in [0.15, 0.2) is 0 Å². The van der Waals surface area contributed by atoms with Crippen LogP contribution in [0.3, 0.4) is 0 Å². The van der Waals surface area contributed by atoms with Gasteiger partial charge in [-0.25, -0.2) is 0 Å². The van der Waals surface area contributed by atoms with E-state index in [1.165, 1.54) is 26.2 Å². The zero-order valence-corrected chi connectivity index (χ0v) is 11.0. The molecule has 0 aromatic rings. The first kappa shape index (κ1) is 11.0. The minimum atomic E-state index is 0.835. The Labute approximate surface area is 100.0 Å². The van der Waals surface area contributed by atoms with Crippen LogP contribution in [-0.2, 0) is 0 Å². The number of piperazine rings is 1. The van der Waals surface area contributed by atoms with Crippen LogP contribution in [0, 0.1) is 11.8 Å². The summed E-state index contributed by atoms with van der Waals surface area (Å²) in [5, 5.41) is 0. The van der Waals surface area contributed by atoms with Crippen molar-refractivity contribution >= 4 is 0 Å². The van der Waals surface area contributed by atoms with Gasteiger partial charge in [0.25, 0.3) is 0 Å². The van der Waals surface area contributed by atoms with Crippen LogP contribution in [0.25, 0.3) is 0 Å². The van der Waals surface area contributed by atoms with Crippen LogP contribution in [0.15, 0.2) is 0 Å². The molecule has 3 aliphatic rings. The van der Waals surface area contributed by atoms with Crippen molar-refractivity contribution in [3.63, 3.8) is 0 Å². The Bertz CT molecular complexity index is 243. The Morgan fingerprint density at radius 3 is 2.19 bits per heavy atom. The summed E-state index contributed by atoms with van der Waals surface area (Å²) in [7, 11) is 0. The van der Waals surface area contributed by atoms with Crippen molar-refractivity contribution in [2.75, 3.05) is 26.2 Å². The molecule has 2 nitrogen and oxygen atoms in total. The third-order valence-corrected chi connectivity index (χ3v) is 5.61. The highest BCUT2D eigenvalue weighted by molar-refractivity contribution is 4.90. The maximum atomic E-state index is 2.37. The number of quaternary nitrogens is 2. The molecule has 0 aromatic carbocycles. The van der Waals surface area contributed by atoms with Gasteiger partial charge in [-0.3, -0.25) is 0 Å². The highest BCUT2D eigenvalue weighted by Gasteiger charge is 2.46. The molecule has 1 saturated heterocycles. The summed E-state index contributed by atoms with van der Waals surface area (Å²) < 4.78 is 0. The van der Waals surface area contributed by atoms with E-state index in [2.05, 4.69) is 13.8 Å². The molecule has 92 valence electrons. The largest absolute Gasteiger partial charge is 0.324 e. The smallest absolute Gasteiger partial charge is 0.127 e. The minimum absolute atomic E-state index is 0.835. The van der Waals surface area contributed by atoms with Crippen molar-refractivity contribution in [2.45, 2.75) is 51.6 Å². The van der Waals surface area contributed by atoms with E-state index in [4.69, 9.17) is 0 Å². The van der Waals surface area contributed by atoms with Crippen LogP contribution >= 0.6 is 0 Å². The first-order chi connectivity index (χ1) is 7.74. The fraction of sp³-hybridized carbons (Fsp3) is 1.00. The van der Waals surface area contributed by atoms with Crippen LogP contribution < -0.4 is 9.80 Å². The predicted octanol–water partition coefficient (Wildman–Crippen LogP) is -0.633. The van der Waals surface area contributed by atoms with Gasteiger partial charge in [0.05, 0.1) is 12.1 Å². The topological polar surface area (TPSA) is 8.88 Å². The zero-order chi connectivity index (χ0) is 11.1. The number of hydrogen-bond acceptors (Lipinski definition) is 0. The van der Waals surface area contributed by atoms with E-state index < -0.39 is 0 Å². The van der Waals surface area contributed by atoms with Gasteiger partial charge >= 0.3 is 0 Å². The Hall–Kier alpha value is -0.0800. The number of rotatable bonds is 2. The second-order valence-corrected chi connectivity index (χ2v) is 6.75. The lowest BCUT2D eigenvalue weighted by atomic mass is 9.93. The average molecular weight is 224 g/mol. The molecular formula is C14H28N2+2. The van der Waals surface area contributed by atoms with E-state index >= 15 is 0 Å². The van der Waals surface area contributed by atoms with Crippen molar-refractivity contribution in [1.82, 2.24) is 0 Å². The summed E-state index contributed by atoms with van der Waals surface area (Å²) >= 11 is 0. The molecule has 3 atom stereocenters. The van der Waals surface area contributed by atoms with E-state index in [9.17, 15) is 0 Å². The quantitative estimate of drug-likeness (QED) is 0.618. The van der Waals surface area contributed by atoms with E-state index in [1.807, 2.05) is 9.80 Å². The molecule has 0 aromatic heterocycles. The Kier molecular flexibility index (Phi) is 2.97. The Balaban J connectivity index is 1.54. The predicted molar refractivity (Wildman–Crippen MR) is 65.8 cm³/mol. The summed E-state index contributed by atoms with van der Waals surface area (Å²) in [4.78, 5) is 3.81. The molecule has 2 heteroatoms. The maximum Gasteiger partial charge on any atom is 0.127 e. The Morgan fingerprint density at radius 1 is 0.938 bits per heavy atom. The highest BCUT2D eigenvalue weighted by atomic mass is 15.3. The molecule has 0 amide bonds. The van der Waals surface area contributed by atoms with Crippen LogP contribution in [0.1, 0.15) is 39.5 Å². The molecule has 2 bridgehead atoms. The van der Waals surface area contributed by atoms with Crippen molar-refractivity contribution in [2.24, 2.45) is 11.8 Å². The summed E-state index contributed by atoms with van der Waals surface area (Å²) in [6.07, 6.45) is 6.25. The summed E-state index contributed by atoms with van der Waals surface area (Å²) in [6.45, 7) is 10.5. The van der Waals surface area contributed by atoms with Crippen LogP contribution in [0.2, 0.25) is 0 Å². The molecule has 1 heterocycles. The molecule has 2 N–H and O–H groups in total. The normalized spacial score (nSPS) is 47.8. The van der Waals surface area contributed by atoms with Gasteiger partial charge in [-0.05, 0) is 39.0 Å². The van der Waals surface area contributed by atoms with Crippen molar-refractivity contribution in [3.8, 4) is 0 Å². The lowest BCUT2D eigenvalue weighted by Crippen LogP contribution is -3.31. The summed E-state index contributed by atoms with van der Waals surface area (Å²) in [5.74, 6) is 2.23. The molecule has 1 aliphatic heterocycles. The van der Waals surface area contributed by atoms with Gasteiger partial charge in [0, 0.05) is 12.3 Å². The summed E-state index contributed by atoms with van der Waals surface area (Å²) in [5.41, 5.74) is 0. The third kappa shape index (κ3) is 1.91. The van der Waals surface area contributed by atoms with E-state index in [1.54, 1.807) is 25.7 Å². The van der Waals surface area contributed by atoms with Crippen molar-refractivity contribution in [3.05, 3.63) is 0 Å². The standard InChI is InChI=1S/C14H26N2/c1-11(2)15-5-7-16(8-6-15)14-10-12-3-4-13(14)9-12/h11-14H,3-10H2,1-2H3/p+2/t12-,13-,14+/m0/s1. The van der Waals surface area contributed by atoms with Crippen LogP contribution in [-0.4, -0.2) is 38.3 Å². The van der Waals surface area contributed by atoms with Gasteiger partial charge in [0.1, 0.15) is 26.2 Å². The molecule has 16 heavy (non-hydrogen) atoms. The lowest BCUT2D eigenvalue weighted by molar-refractivity contribution is -1.03. The fourth-order valence-corrected chi connectivity index (χ4v) is 4.59. The number of fused-ring (bicyclic) bond motifs is 2. The highest BCUT2D eigenvalue weighted by Crippen LogP contribution is 2.43. The molecule has 0 radical (unpaired) electrons. The fourth-order valence-electron chi connectivity index (χ4n) is 4.59. The first-order valence-electron chi connectivity index (χ1n) is 7.43. The molecule has 0 spiro atoms. The van der Waals surface area contributed by atoms with Gasteiger partial charge in [-0.2, -0.15) is 0 Å². The van der Waals surface area contributed by atoms with E-state index in [0.717, 1.165) is 23.9 Å².